The van der Waals surface area contributed by atoms with Crippen molar-refractivity contribution in [2.75, 3.05) is 5.32 Å². The van der Waals surface area contributed by atoms with Crippen molar-refractivity contribution in [2.45, 2.75) is 6.54 Å². The molecule has 2 heterocycles. The number of amides is 1. The lowest BCUT2D eigenvalue weighted by atomic mass is 10.0. The second kappa shape index (κ2) is 9.02. The molecular formula is C23H14BrClFN3O3. The third kappa shape index (κ3) is 4.46. The van der Waals surface area contributed by atoms with Gasteiger partial charge in [-0.25, -0.2) is 4.39 Å². The van der Waals surface area contributed by atoms with Crippen LogP contribution in [0.1, 0.15) is 15.9 Å². The second-order valence-corrected chi connectivity index (χ2v) is 8.23. The highest BCUT2D eigenvalue weighted by molar-refractivity contribution is 9.10. The molecule has 0 saturated carbocycles. The van der Waals surface area contributed by atoms with Gasteiger partial charge >= 0.3 is 0 Å². The molecule has 160 valence electrons. The Bertz CT molecular complexity index is 1420. The molecule has 1 N–H and O–H groups in total. The van der Waals surface area contributed by atoms with Crippen molar-refractivity contribution in [3.63, 3.8) is 0 Å². The van der Waals surface area contributed by atoms with E-state index in [0.29, 0.717) is 21.2 Å². The van der Waals surface area contributed by atoms with Crippen molar-refractivity contribution in [3.8, 4) is 0 Å². The molecule has 0 aliphatic carbocycles. The average molecular weight is 515 g/mol. The summed E-state index contributed by atoms with van der Waals surface area (Å²) in [6.45, 7) is -0.190. The number of carbonyl (C=O) groups excluding carboxylic acids is 2. The number of aromatic nitrogens is 2. The first-order chi connectivity index (χ1) is 15.3. The topological polar surface area (TPSA) is 81.1 Å². The molecule has 0 bridgehead atoms. The van der Waals surface area contributed by atoms with E-state index in [1.165, 1.54) is 47.4 Å². The van der Waals surface area contributed by atoms with Gasteiger partial charge in [-0.3, -0.25) is 19.4 Å². The summed E-state index contributed by atoms with van der Waals surface area (Å²) in [5, 5.41) is 2.81. The number of nitrogens with one attached hydrogen (secondary N) is 1. The molecule has 1 amide bonds. The SMILES string of the molecule is O=C(Cn1cc(C(=O)c2ccncc2)c(=O)c2cc(Br)ccc21)Nc1ccc(F)c(Cl)c1. The molecule has 2 aromatic carbocycles. The fourth-order valence-electron chi connectivity index (χ4n) is 3.25. The highest BCUT2D eigenvalue weighted by Gasteiger charge is 2.18. The van der Waals surface area contributed by atoms with E-state index < -0.39 is 22.9 Å². The minimum atomic E-state index is -0.596. The van der Waals surface area contributed by atoms with Gasteiger partial charge in [0.05, 0.1) is 16.1 Å². The summed E-state index contributed by atoms with van der Waals surface area (Å²) >= 11 is 9.11. The Balaban J connectivity index is 1.75. The summed E-state index contributed by atoms with van der Waals surface area (Å²) in [4.78, 5) is 42.6. The fraction of sp³-hybridized carbons (Fsp3) is 0.0435. The van der Waals surface area contributed by atoms with Crippen LogP contribution >= 0.6 is 27.5 Å². The van der Waals surface area contributed by atoms with Crippen LogP contribution in [0.3, 0.4) is 0 Å². The molecule has 32 heavy (non-hydrogen) atoms. The van der Waals surface area contributed by atoms with E-state index in [0.717, 1.165) is 6.07 Å². The van der Waals surface area contributed by atoms with Crippen molar-refractivity contribution in [1.82, 2.24) is 9.55 Å². The van der Waals surface area contributed by atoms with E-state index in [1.807, 2.05) is 0 Å². The lowest BCUT2D eigenvalue weighted by Gasteiger charge is -2.14. The maximum absolute atomic E-state index is 13.4. The number of nitrogens with zero attached hydrogens (tertiary/aromatic N) is 2. The number of fused-ring (bicyclic) bond motifs is 1. The summed E-state index contributed by atoms with van der Waals surface area (Å²) in [7, 11) is 0. The largest absolute Gasteiger partial charge is 0.337 e. The summed E-state index contributed by atoms with van der Waals surface area (Å²) in [6, 6.07) is 11.9. The van der Waals surface area contributed by atoms with Crippen LogP contribution in [0.15, 0.2) is 76.4 Å². The lowest BCUT2D eigenvalue weighted by molar-refractivity contribution is -0.116. The highest BCUT2D eigenvalue weighted by atomic mass is 79.9. The van der Waals surface area contributed by atoms with Gasteiger partial charge in [-0.2, -0.15) is 0 Å². The quantitative estimate of drug-likeness (QED) is 0.387. The molecule has 0 aliphatic heterocycles. The van der Waals surface area contributed by atoms with Gasteiger partial charge in [-0.1, -0.05) is 27.5 Å². The second-order valence-electron chi connectivity index (χ2n) is 6.90. The minimum absolute atomic E-state index is 0.0700. The van der Waals surface area contributed by atoms with Crippen LogP contribution < -0.4 is 10.7 Å². The van der Waals surface area contributed by atoms with Crippen molar-refractivity contribution < 1.29 is 14.0 Å². The zero-order chi connectivity index (χ0) is 22.8. The van der Waals surface area contributed by atoms with Crippen LogP contribution in [0.5, 0.6) is 0 Å². The maximum Gasteiger partial charge on any atom is 0.244 e. The number of benzene rings is 2. The van der Waals surface area contributed by atoms with Crippen LogP contribution in [-0.2, 0) is 11.3 Å². The summed E-state index contributed by atoms with van der Waals surface area (Å²) in [5.74, 6) is -1.51. The average Bonchev–Trinajstić information content (AvgIpc) is 2.78. The molecule has 0 atom stereocenters. The van der Waals surface area contributed by atoms with Gasteiger partial charge in [-0.05, 0) is 48.5 Å². The van der Waals surface area contributed by atoms with E-state index in [-0.39, 0.29) is 22.5 Å². The molecule has 4 rings (SSSR count). The zero-order valence-corrected chi connectivity index (χ0v) is 18.7. The third-order valence-corrected chi connectivity index (χ3v) is 5.53. The minimum Gasteiger partial charge on any atom is -0.337 e. The first-order valence-corrected chi connectivity index (χ1v) is 10.5. The van der Waals surface area contributed by atoms with E-state index in [2.05, 4.69) is 26.2 Å². The lowest BCUT2D eigenvalue weighted by Crippen LogP contribution is -2.24. The summed E-state index contributed by atoms with van der Waals surface area (Å²) < 4.78 is 15.6. The number of hydrogen-bond acceptors (Lipinski definition) is 4. The van der Waals surface area contributed by atoms with E-state index in [4.69, 9.17) is 11.6 Å². The molecule has 4 aromatic rings. The monoisotopic (exact) mass is 513 g/mol. The molecule has 0 fully saturated rings. The molecule has 0 unspecified atom stereocenters. The number of hydrogen-bond donors (Lipinski definition) is 1. The van der Waals surface area contributed by atoms with Crippen LogP contribution in [0, 0.1) is 5.82 Å². The first-order valence-electron chi connectivity index (χ1n) is 9.36. The predicted octanol–water partition coefficient (Wildman–Crippen LogP) is 4.82. The summed E-state index contributed by atoms with van der Waals surface area (Å²) in [5.41, 5.74) is 0.604. The molecule has 9 heteroatoms. The van der Waals surface area contributed by atoms with Crippen LogP contribution in [0.25, 0.3) is 10.9 Å². The van der Waals surface area contributed by atoms with Crippen LogP contribution in [-0.4, -0.2) is 21.2 Å². The van der Waals surface area contributed by atoms with Crippen molar-refractivity contribution in [3.05, 3.63) is 104 Å². The van der Waals surface area contributed by atoms with Gasteiger partial charge in [0.25, 0.3) is 0 Å². The standard InChI is InChI=1S/C23H14BrClFN3O3/c24-14-1-4-20-16(9-14)23(32)17(22(31)13-5-7-27-8-6-13)11-29(20)12-21(30)28-15-2-3-19(26)18(25)10-15/h1-11H,12H2,(H,28,30). The highest BCUT2D eigenvalue weighted by Crippen LogP contribution is 2.21. The first kappa shape index (κ1) is 21.9. The Morgan fingerprint density at radius 2 is 1.84 bits per heavy atom. The summed E-state index contributed by atoms with van der Waals surface area (Å²) in [6.07, 6.45) is 4.30. The molecule has 0 radical (unpaired) electrons. The van der Waals surface area contributed by atoms with Gasteiger partial charge in [-0.15, -0.1) is 0 Å². The molecular weight excluding hydrogens is 501 g/mol. The Morgan fingerprint density at radius 1 is 1.09 bits per heavy atom. The third-order valence-electron chi connectivity index (χ3n) is 4.75. The fourth-order valence-corrected chi connectivity index (χ4v) is 3.79. The van der Waals surface area contributed by atoms with Crippen LogP contribution in [0.4, 0.5) is 10.1 Å². The van der Waals surface area contributed by atoms with Gasteiger partial charge in [0.2, 0.25) is 11.3 Å². The van der Waals surface area contributed by atoms with E-state index >= 15 is 0 Å². The molecule has 6 nitrogen and oxygen atoms in total. The number of carbonyl (C=O) groups is 2. The van der Waals surface area contributed by atoms with Gasteiger partial charge in [0, 0.05) is 39.7 Å². The molecule has 0 saturated heterocycles. The molecule has 2 aromatic heterocycles. The smallest absolute Gasteiger partial charge is 0.244 e. The number of halogens is 3. The van der Waals surface area contributed by atoms with Gasteiger partial charge in [0.1, 0.15) is 12.4 Å². The number of anilines is 1. The van der Waals surface area contributed by atoms with E-state index in [1.54, 1.807) is 18.2 Å². The Kier molecular flexibility index (Phi) is 6.16. The number of ketones is 1. The normalized spacial score (nSPS) is 10.8. The van der Waals surface area contributed by atoms with Crippen molar-refractivity contribution >= 4 is 55.8 Å². The molecule has 0 aliphatic rings. The van der Waals surface area contributed by atoms with Crippen molar-refractivity contribution in [1.29, 1.82) is 0 Å². The Hall–Kier alpha value is -3.36. The van der Waals surface area contributed by atoms with Crippen molar-refractivity contribution in [2.24, 2.45) is 0 Å². The Morgan fingerprint density at radius 3 is 2.56 bits per heavy atom. The maximum atomic E-state index is 13.4. The zero-order valence-electron chi connectivity index (χ0n) is 16.3. The molecule has 0 spiro atoms. The number of pyridine rings is 2. The van der Waals surface area contributed by atoms with E-state index in [9.17, 15) is 18.8 Å². The Labute approximate surface area is 194 Å². The predicted molar refractivity (Wildman–Crippen MR) is 124 cm³/mol. The van der Waals surface area contributed by atoms with Gasteiger partial charge < -0.3 is 9.88 Å². The number of rotatable bonds is 5. The van der Waals surface area contributed by atoms with Crippen LogP contribution in [0.2, 0.25) is 5.02 Å². The van der Waals surface area contributed by atoms with Gasteiger partial charge in [0.15, 0.2) is 5.78 Å².